The van der Waals surface area contributed by atoms with Crippen molar-refractivity contribution in [2.24, 2.45) is 0 Å². The van der Waals surface area contributed by atoms with Crippen LogP contribution in [0.25, 0.3) is 0 Å². The highest BCUT2D eigenvalue weighted by atomic mass is 32.2. The van der Waals surface area contributed by atoms with Crippen molar-refractivity contribution < 1.29 is 17.3 Å². The Labute approximate surface area is 178 Å². The smallest absolute Gasteiger partial charge is 0.339 e. The van der Waals surface area contributed by atoms with Crippen molar-refractivity contribution in [3.8, 4) is 5.75 Å². The lowest BCUT2D eigenvalue weighted by Gasteiger charge is -2.44. The standard InChI is InChI=1S/C24H25NO4S/c1-2-24(15-7-4-8-16-24)25-17-18-28-23(19-25)20-11-13-21(14-12-20)29-30(26,27)22-9-5-3-6-10-22/h2-15,23H,1,16-19H2/t23-,24+/m1/s1. The van der Waals surface area contributed by atoms with E-state index in [4.69, 9.17) is 8.92 Å². The molecule has 1 fully saturated rings. The molecule has 1 saturated heterocycles. The van der Waals surface area contributed by atoms with Crippen LogP contribution in [0.2, 0.25) is 0 Å². The average Bonchev–Trinajstić information content (AvgIpc) is 2.80. The van der Waals surface area contributed by atoms with Gasteiger partial charge in [0.1, 0.15) is 10.6 Å². The lowest BCUT2D eigenvalue weighted by molar-refractivity contribution is -0.0511. The number of ether oxygens (including phenoxy) is 1. The molecule has 0 aromatic heterocycles. The number of rotatable bonds is 6. The van der Waals surface area contributed by atoms with Crippen LogP contribution in [0.3, 0.4) is 0 Å². The molecule has 1 aliphatic carbocycles. The predicted octanol–water partition coefficient (Wildman–Crippen LogP) is 4.27. The first kappa shape index (κ1) is 20.6. The van der Waals surface area contributed by atoms with Crippen LogP contribution < -0.4 is 4.18 Å². The Bertz CT molecular complexity index is 1040. The molecule has 4 rings (SSSR count). The Morgan fingerprint density at radius 3 is 2.53 bits per heavy atom. The van der Waals surface area contributed by atoms with E-state index in [9.17, 15) is 8.42 Å². The summed E-state index contributed by atoms with van der Waals surface area (Å²) < 4.78 is 36.1. The molecule has 6 heteroatoms. The molecule has 5 nitrogen and oxygen atoms in total. The van der Waals surface area contributed by atoms with Crippen molar-refractivity contribution >= 4 is 10.1 Å². The molecule has 0 N–H and O–H groups in total. The number of allylic oxidation sites excluding steroid dienone is 2. The molecule has 0 radical (unpaired) electrons. The minimum Gasteiger partial charge on any atom is -0.379 e. The molecule has 2 aromatic rings. The highest BCUT2D eigenvalue weighted by molar-refractivity contribution is 7.87. The number of benzene rings is 2. The summed E-state index contributed by atoms with van der Waals surface area (Å²) in [4.78, 5) is 2.52. The number of nitrogens with zero attached hydrogens (tertiary/aromatic N) is 1. The van der Waals surface area contributed by atoms with Gasteiger partial charge in [0.2, 0.25) is 0 Å². The normalized spacial score (nSPS) is 24.5. The highest BCUT2D eigenvalue weighted by Gasteiger charge is 2.35. The fourth-order valence-electron chi connectivity index (χ4n) is 3.87. The van der Waals surface area contributed by atoms with Crippen LogP contribution in [-0.4, -0.2) is 38.6 Å². The summed E-state index contributed by atoms with van der Waals surface area (Å²) in [5, 5.41) is 0. The van der Waals surface area contributed by atoms with Gasteiger partial charge in [-0.15, -0.1) is 6.58 Å². The second kappa shape index (κ2) is 8.60. The zero-order valence-corrected chi connectivity index (χ0v) is 17.5. The molecule has 2 atom stereocenters. The van der Waals surface area contributed by atoms with Gasteiger partial charge in [0, 0.05) is 13.1 Å². The predicted molar refractivity (Wildman–Crippen MR) is 117 cm³/mol. The third kappa shape index (κ3) is 4.26. The summed E-state index contributed by atoms with van der Waals surface area (Å²) >= 11 is 0. The number of morpholine rings is 1. The van der Waals surface area contributed by atoms with Gasteiger partial charge in [0.25, 0.3) is 0 Å². The van der Waals surface area contributed by atoms with Crippen molar-refractivity contribution in [3.05, 3.63) is 97.1 Å². The maximum absolute atomic E-state index is 12.4. The first-order valence-electron chi connectivity index (χ1n) is 9.97. The summed E-state index contributed by atoms with van der Waals surface area (Å²) in [6, 6.07) is 15.2. The Morgan fingerprint density at radius 2 is 1.87 bits per heavy atom. The lowest BCUT2D eigenvalue weighted by Crippen LogP contribution is -2.52. The Kier molecular flexibility index (Phi) is 5.90. The average molecular weight is 424 g/mol. The van der Waals surface area contributed by atoms with Crippen molar-refractivity contribution in [1.29, 1.82) is 0 Å². The lowest BCUT2D eigenvalue weighted by atomic mass is 9.88. The van der Waals surface area contributed by atoms with E-state index in [0.717, 1.165) is 25.1 Å². The van der Waals surface area contributed by atoms with E-state index in [-0.39, 0.29) is 22.3 Å². The van der Waals surface area contributed by atoms with Gasteiger partial charge in [-0.3, -0.25) is 4.90 Å². The summed E-state index contributed by atoms with van der Waals surface area (Å²) in [5.74, 6) is 0.276. The second-order valence-corrected chi connectivity index (χ2v) is 8.96. The second-order valence-electron chi connectivity index (χ2n) is 7.41. The van der Waals surface area contributed by atoms with Crippen LogP contribution in [0.1, 0.15) is 18.1 Å². The van der Waals surface area contributed by atoms with Gasteiger partial charge in [-0.2, -0.15) is 8.42 Å². The molecule has 0 amide bonds. The van der Waals surface area contributed by atoms with E-state index >= 15 is 0 Å². The number of hydrogen-bond acceptors (Lipinski definition) is 5. The van der Waals surface area contributed by atoms with E-state index in [1.807, 2.05) is 18.2 Å². The molecule has 30 heavy (non-hydrogen) atoms. The summed E-state index contributed by atoms with van der Waals surface area (Å²) in [7, 11) is -3.85. The zero-order valence-electron chi connectivity index (χ0n) is 16.7. The molecule has 0 bridgehead atoms. The molecule has 0 saturated carbocycles. The van der Waals surface area contributed by atoms with Crippen LogP contribution in [0.5, 0.6) is 5.75 Å². The maximum Gasteiger partial charge on any atom is 0.339 e. The van der Waals surface area contributed by atoms with Crippen LogP contribution >= 0.6 is 0 Å². The third-order valence-electron chi connectivity index (χ3n) is 5.58. The van der Waals surface area contributed by atoms with E-state index in [1.165, 1.54) is 12.1 Å². The van der Waals surface area contributed by atoms with Gasteiger partial charge in [-0.25, -0.2) is 0 Å². The van der Waals surface area contributed by atoms with Gasteiger partial charge < -0.3 is 8.92 Å². The largest absolute Gasteiger partial charge is 0.379 e. The quantitative estimate of drug-likeness (QED) is 0.513. The van der Waals surface area contributed by atoms with Gasteiger partial charge in [0.05, 0.1) is 18.2 Å². The highest BCUT2D eigenvalue weighted by Crippen LogP contribution is 2.33. The van der Waals surface area contributed by atoms with Gasteiger partial charge in [-0.1, -0.05) is 60.7 Å². The summed E-state index contributed by atoms with van der Waals surface area (Å²) in [5.41, 5.74) is 0.794. The van der Waals surface area contributed by atoms with Crippen LogP contribution in [0, 0.1) is 0 Å². The van der Waals surface area contributed by atoms with Crippen LogP contribution in [-0.2, 0) is 14.9 Å². The van der Waals surface area contributed by atoms with Crippen molar-refractivity contribution in [2.75, 3.05) is 19.7 Å². The molecular weight excluding hydrogens is 398 g/mol. The molecule has 0 unspecified atom stereocenters. The fourth-order valence-corrected chi connectivity index (χ4v) is 4.82. The molecule has 1 aliphatic heterocycles. The van der Waals surface area contributed by atoms with Crippen LogP contribution in [0.15, 0.2) is 96.5 Å². The van der Waals surface area contributed by atoms with Gasteiger partial charge in [-0.05, 0) is 36.2 Å². The molecule has 156 valence electrons. The molecule has 2 aliphatic rings. The first-order chi connectivity index (χ1) is 14.5. The van der Waals surface area contributed by atoms with Crippen LogP contribution in [0.4, 0.5) is 0 Å². The molecular formula is C24H25NO4S. The van der Waals surface area contributed by atoms with E-state index in [1.54, 1.807) is 30.3 Å². The first-order valence-corrected chi connectivity index (χ1v) is 11.4. The Hall–Kier alpha value is -2.67. The zero-order chi connectivity index (χ0) is 21.0. The van der Waals surface area contributed by atoms with E-state index in [0.29, 0.717) is 6.61 Å². The summed E-state index contributed by atoms with van der Waals surface area (Å²) in [6.45, 7) is 6.24. The third-order valence-corrected chi connectivity index (χ3v) is 6.84. The van der Waals surface area contributed by atoms with Gasteiger partial charge >= 0.3 is 10.1 Å². The van der Waals surface area contributed by atoms with E-state index < -0.39 is 10.1 Å². The van der Waals surface area contributed by atoms with Crippen molar-refractivity contribution in [2.45, 2.75) is 23.0 Å². The van der Waals surface area contributed by atoms with Gasteiger partial charge in [0.15, 0.2) is 0 Å². The molecule has 0 spiro atoms. The Morgan fingerprint density at radius 1 is 1.10 bits per heavy atom. The SMILES string of the molecule is C=C[C@]1(N2CCO[C@@H](c3ccc(OS(=O)(=O)c4ccccc4)cc3)C2)C=CC=CC1. The monoisotopic (exact) mass is 423 g/mol. The van der Waals surface area contributed by atoms with Crippen molar-refractivity contribution in [1.82, 2.24) is 4.90 Å². The number of hydrogen-bond donors (Lipinski definition) is 0. The fraction of sp³-hybridized carbons (Fsp3) is 0.250. The molecule has 2 aromatic carbocycles. The maximum atomic E-state index is 12.4. The minimum absolute atomic E-state index is 0.102. The molecule has 1 heterocycles. The minimum atomic E-state index is -3.85. The topological polar surface area (TPSA) is 55.8 Å². The van der Waals surface area contributed by atoms with Crippen molar-refractivity contribution in [3.63, 3.8) is 0 Å². The van der Waals surface area contributed by atoms with E-state index in [2.05, 4.69) is 35.8 Å². The summed E-state index contributed by atoms with van der Waals surface area (Å²) in [6.07, 6.45) is 11.3. The Balaban J connectivity index is 1.47.